The molecule has 1 fully saturated rings. The minimum atomic E-state index is 0.523. The maximum atomic E-state index is 5.74. The second-order valence-corrected chi connectivity index (χ2v) is 4.80. The van der Waals surface area contributed by atoms with Gasteiger partial charge in [0.05, 0.1) is 6.54 Å². The Bertz CT molecular complexity index is 530. The van der Waals surface area contributed by atoms with E-state index in [-0.39, 0.29) is 0 Å². The smallest absolute Gasteiger partial charge is 0.209 e. The van der Waals surface area contributed by atoms with Gasteiger partial charge in [-0.2, -0.15) is 0 Å². The Morgan fingerprint density at radius 3 is 2.94 bits per heavy atom. The van der Waals surface area contributed by atoms with Gasteiger partial charge in [-0.1, -0.05) is 12.1 Å². The molecule has 0 bridgehead atoms. The molecule has 3 rings (SSSR count). The minimum Gasteiger partial charge on any atom is -0.439 e. The van der Waals surface area contributed by atoms with Crippen molar-refractivity contribution >= 4 is 11.1 Å². The molecule has 1 aromatic carbocycles. The van der Waals surface area contributed by atoms with E-state index in [0.717, 1.165) is 48.6 Å². The molecule has 1 aliphatic heterocycles. The van der Waals surface area contributed by atoms with Gasteiger partial charge >= 0.3 is 0 Å². The number of nitrogens with one attached hydrogen (secondary N) is 1. The Morgan fingerprint density at radius 2 is 2.17 bits per heavy atom. The first kappa shape index (κ1) is 11.7. The highest BCUT2D eigenvalue weighted by Gasteiger charge is 2.14. The number of benzene rings is 1. The van der Waals surface area contributed by atoms with Gasteiger partial charge in [0.25, 0.3) is 0 Å². The normalized spacial score (nSPS) is 17.4. The van der Waals surface area contributed by atoms with Gasteiger partial charge in [0.1, 0.15) is 5.52 Å². The van der Waals surface area contributed by atoms with E-state index in [1.54, 1.807) is 0 Å². The fourth-order valence-corrected chi connectivity index (χ4v) is 2.34. The highest BCUT2D eigenvalue weighted by atomic mass is 16.5. The van der Waals surface area contributed by atoms with Gasteiger partial charge < -0.3 is 14.5 Å². The monoisotopic (exact) mass is 246 g/mol. The van der Waals surface area contributed by atoms with Crippen molar-refractivity contribution in [2.45, 2.75) is 32.4 Å². The molecule has 0 radical (unpaired) electrons. The Hall–Kier alpha value is -1.39. The number of fused-ring (bicyclic) bond motifs is 1. The molecule has 2 aromatic rings. The van der Waals surface area contributed by atoms with E-state index in [9.17, 15) is 0 Å². The predicted octanol–water partition coefficient (Wildman–Crippen LogP) is 2.40. The van der Waals surface area contributed by atoms with Crippen LogP contribution < -0.4 is 5.32 Å². The molecule has 0 aliphatic carbocycles. The van der Waals surface area contributed by atoms with Crippen LogP contribution in [0.2, 0.25) is 0 Å². The zero-order valence-electron chi connectivity index (χ0n) is 10.6. The maximum Gasteiger partial charge on any atom is 0.209 e. The van der Waals surface area contributed by atoms with Crippen LogP contribution in [0.1, 0.15) is 24.3 Å². The topological polar surface area (TPSA) is 47.3 Å². The van der Waals surface area contributed by atoms with Crippen molar-refractivity contribution in [1.29, 1.82) is 0 Å². The number of rotatable bonds is 3. The van der Waals surface area contributed by atoms with Crippen molar-refractivity contribution in [2.75, 3.05) is 13.2 Å². The van der Waals surface area contributed by atoms with Gasteiger partial charge in [-0.15, -0.1) is 0 Å². The molecule has 1 aliphatic rings. The van der Waals surface area contributed by atoms with Crippen molar-refractivity contribution in [3.8, 4) is 0 Å². The average Bonchev–Trinajstić information content (AvgIpc) is 2.82. The fraction of sp³-hybridized carbons (Fsp3) is 0.500. The molecule has 96 valence electrons. The Balaban J connectivity index is 1.69. The summed E-state index contributed by atoms with van der Waals surface area (Å²) in [5.74, 6) is 0.769. The molecule has 4 nitrogen and oxygen atoms in total. The molecule has 0 amide bonds. The number of hydrogen-bond donors (Lipinski definition) is 1. The Labute approximate surface area is 106 Å². The standard InChI is InChI=1S/C14H18N2O2/c1-10-3-2-4-12-14(10)16-13(18-12)9-15-11-5-7-17-8-6-11/h2-4,11,15H,5-9H2,1H3. The molecule has 0 unspecified atom stereocenters. The molecule has 0 spiro atoms. The molecule has 1 saturated heterocycles. The summed E-state index contributed by atoms with van der Waals surface area (Å²) in [6.45, 7) is 4.45. The zero-order chi connectivity index (χ0) is 12.4. The van der Waals surface area contributed by atoms with Crippen molar-refractivity contribution < 1.29 is 9.15 Å². The van der Waals surface area contributed by atoms with Crippen LogP contribution in [-0.2, 0) is 11.3 Å². The van der Waals surface area contributed by atoms with Crippen LogP contribution in [0.5, 0.6) is 0 Å². The molecular weight excluding hydrogens is 228 g/mol. The van der Waals surface area contributed by atoms with E-state index in [1.807, 2.05) is 12.1 Å². The van der Waals surface area contributed by atoms with E-state index >= 15 is 0 Å². The Morgan fingerprint density at radius 1 is 1.33 bits per heavy atom. The van der Waals surface area contributed by atoms with Crippen molar-refractivity contribution in [2.24, 2.45) is 0 Å². The van der Waals surface area contributed by atoms with Crippen molar-refractivity contribution in [3.05, 3.63) is 29.7 Å². The number of aryl methyl sites for hydroxylation is 1. The summed E-state index contributed by atoms with van der Waals surface area (Å²) in [7, 11) is 0. The summed E-state index contributed by atoms with van der Waals surface area (Å²) in [5.41, 5.74) is 3.01. The molecule has 4 heteroatoms. The number of para-hydroxylation sites is 1. The second-order valence-electron chi connectivity index (χ2n) is 4.80. The summed E-state index contributed by atoms with van der Waals surface area (Å²) in [6, 6.07) is 6.54. The lowest BCUT2D eigenvalue weighted by atomic mass is 10.1. The lowest BCUT2D eigenvalue weighted by Crippen LogP contribution is -2.34. The van der Waals surface area contributed by atoms with E-state index in [0.29, 0.717) is 12.6 Å². The van der Waals surface area contributed by atoms with Crippen LogP contribution in [-0.4, -0.2) is 24.2 Å². The number of nitrogens with zero attached hydrogens (tertiary/aromatic N) is 1. The summed E-state index contributed by atoms with van der Waals surface area (Å²) >= 11 is 0. The number of oxazole rings is 1. The quantitative estimate of drug-likeness (QED) is 0.903. The molecule has 2 heterocycles. The highest BCUT2D eigenvalue weighted by Crippen LogP contribution is 2.19. The van der Waals surface area contributed by atoms with Crippen LogP contribution >= 0.6 is 0 Å². The SMILES string of the molecule is Cc1cccc2oc(CNC3CCOCC3)nc12. The Kier molecular flexibility index (Phi) is 3.30. The van der Waals surface area contributed by atoms with E-state index in [1.165, 1.54) is 0 Å². The predicted molar refractivity (Wildman–Crippen MR) is 69.4 cm³/mol. The van der Waals surface area contributed by atoms with Gasteiger partial charge in [0.2, 0.25) is 5.89 Å². The van der Waals surface area contributed by atoms with Gasteiger partial charge in [-0.25, -0.2) is 4.98 Å². The fourth-order valence-electron chi connectivity index (χ4n) is 2.34. The van der Waals surface area contributed by atoms with Gasteiger partial charge in [-0.05, 0) is 31.4 Å². The van der Waals surface area contributed by atoms with E-state index < -0.39 is 0 Å². The first-order chi connectivity index (χ1) is 8.83. The lowest BCUT2D eigenvalue weighted by Gasteiger charge is -2.22. The van der Waals surface area contributed by atoms with Crippen LogP contribution in [0.25, 0.3) is 11.1 Å². The largest absolute Gasteiger partial charge is 0.439 e. The maximum absolute atomic E-state index is 5.74. The summed E-state index contributed by atoms with van der Waals surface area (Å²) < 4.78 is 11.1. The molecule has 0 atom stereocenters. The number of hydrogen-bond acceptors (Lipinski definition) is 4. The van der Waals surface area contributed by atoms with Gasteiger partial charge in [-0.3, -0.25) is 0 Å². The average molecular weight is 246 g/mol. The van der Waals surface area contributed by atoms with Crippen molar-refractivity contribution in [1.82, 2.24) is 10.3 Å². The van der Waals surface area contributed by atoms with Crippen molar-refractivity contribution in [3.63, 3.8) is 0 Å². The highest BCUT2D eigenvalue weighted by molar-refractivity contribution is 5.76. The second kappa shape index (κ2) is 5.08. The third-order valence-corrected chi connectivity index (χ3v) is 3.43. The summed E-state index contributed by atoms with van der Waals surface area (Å²) in [4.78, 5) is 4.54. The first-order valence-electron chi connectivity index (χ1n) is 6.49. The lowest BCUT2D eigenvalue weighted by molar-refractivity contribution is 0.0770. The van der Waals surface area contributed by atoms with Gasteiger partial charge in [0, 0.05) is 19.3 Å². The minimum absolute atomic E-state index is 0.523. The molecule has 0 saturated carbocycles. The van der Waals surface area contributed by atoms with E-state index in [4.69, 9.17) is 9.15 Å². The van der Waals surface area contributed by atoms with Crippen LogP contribution in [0.3, 0.4) is 0 Å². The van der Waals surface area contributed by atoms with Crippen LogP contribution in [0.4, 0.5) is 0 Å². The zero-order valence-corrected chi connectivity index (χ0v) is 10.6. The number of ether oxygens (including phenoxy) is 1. The third kappa shape index (κ3) is 2.40. The summed E-state index contributed by atoms with van der Waals surface area (Å²) in [6.07, 6.45) is 2.14. The molecular formula is C14H18N2O2. The third-order valence-electron chi connectivity index (χ3n) is 3.43. The number of aromatic nitrogens is 1. The van der Waals surface area contributed by atoms with Gasteiger partial charge in [0.15, 0.2) is 5.58 Å². The first-order valence-corrected chi connectivity index (χ1v) is 6.49. The molecule has 1 N–H and O–H groups in total. The summed E-state index contributed by atoms with van der Waals surface area (Å²) in [5, 5.41) is 3.48. The molecule has 18 heavy (non-hydrogen) atoms. The van der Waals surface area contributed by atoms with Crippen LogP contribution in [0, 0.1) is 6.92 Å². The van der Waals surface area contributed by atoms with E-state index in [2.05, 4.69) is 23.3 Å². The van der Waals surface area contributed by atoms with Crippen LogP contribution in [0.15, 0.2) is 22.6 Å². The molecule has 1 aromatic heterocycles.